The van der Waals surface area contributed by atoms with Gasteiger partial charge in [0.05, 0.1) is 6.54 Å². The summed E-state index contributed by atoms with van der Waals surface area (Å²) in [6.45, 7) is 3.85. The normalized spacial score (nSPS) is 17.8. The second-order valence-corrected chi connectivity index (χ2v) is 4.48. The first kappa shape index (κ1) is 11.6. The van der Waals surface area contributed by atoms with E-state index in [0.717, 1.165) is 38.0 Å². The van der Waals surface area contributed by atoms with Crippen LogP contribution in [-0.4, -0.2) is 29.3 Å². The van der Waals surface area contributed by atoms with E-state index in [-0.39, 0.29) is 0 Å². The van der Waals surface area contributed by atoms with Crippen molar-refractivity contribution < 1.29 is 4.74 Å². The van der Waals surface area contributed by atoms with Crippen LogP contribution in [0, 0.1) is 5.92 Å². The fourth-order valence-electron chi connectivity index (χ4n) is 2.11. The van der Waals surface area contributed by atoms with Gasteiger partial charge >= 0.3 is 0 Å². The SMILES string of the molecule is Cn1ccnc1CNCCC1CCOCC1. The fourth-order valence-corrected chi connectivity index (χ4v) is 2.11. The molecule has 0 atom stereocenters. The molecule has 1 aromatic rings. The molecule has 90 valence electrons. The number of imidazole rings is 1. The van der Waals surface area contributed by atoms with Crippen molar-refractivity contribution in [2.45, 2.75) is 25.8 Å². The van der Waals surface area contributed by atoms with Gasteiger partial charge in [-0.15, -0.1) is 0 Å². The van der Waals surface area contributed by atoms with Crippen molar-refractivity contribution >= 4 is 0 Å². The van der Waals surface area contributed by atoms with Crippen molar-refractivity contribution in [2.24, 2.45) is 13.0 Å². The summed E-state index contributed by atoms with van der Waals surface area (Å²) in [6.07, 6.45) is 7.53. The molecule has 0 bridgehead atoms. The minimum Gasteiger partial charge on any atom is -0.381 e. The maximum absolute atomic E-state index is 5.35. The molecule has 1 aliphatic heterocycles. The van der Waals surface area contributed by atoms with Crippen LogP contribution in [-0.2, 0) is 18.3 Å². The predicted molar refractivity (Wildman–Crippen MR) is 63.1 cm³/mol. The van der Waals surface area contributed by atoms with E-state index in [9.17, 15) is 0 Å². The lowest BCUT2D eigenvalue weighted by atomic mass is 9.97. The van der Waals surface area contributed by atoms with E-state index in [4.69, 9.17) is 4.74 Å². The van der Waals surface area contributed by atoms with E-state index in [1.807, 2.05) is 19.4 Å². The number of aromatic nitrogens is 2. The number of nitrogens with zero attached hydrogens (tertiary/aromatic N) is 2. The molecule has 0 aliphatic carbocycles. The molecule has 1 N–H and O–H groups in total. The summed E-state index contributed by atoms with van der Waals surface area (Å²) < 4.78 is 7.40. The molecular weight excluding hydrogens is 202 g/mol. The lowest BCUT2D eigenvalue weighted by molar-refractivity contribution is 0.0639. The highest BCUT2D eigenvalue weighted by atomic mass is 16.5. The number of ether oxygens (including phenoxy) is 1. The molecule has 2 heterocycles. The van der Waals surface area contributed by atoms with Gasteiger partial charge in [0.2, 0.25) is 0 Å². The average molecular weight is 223 g/mol. The Kier molecular flexibility index (Phi) is 4.36. The first-order valence-corrected chi connectivity index (χ1v) is 6.11. The highest BCUT2D eigenvalue weighted by Gasteiger charge is 2.12. The third-order valence-electron chi connectivity index (χ3n) is 3.27. The van der Waals surface area contributed by atoms with E-state index < -0.39 is 0 Å². The number of nitrogens with one attached hydrogen (secondary N) is 1. The van der Waals surface area contributed by atoms with Gasteiger partial charge in [-0.2, -0.15) is 0 Å². The van der Waals surface area contributed by atoms with Crippen molar-refractivity contribution in [3.05, 3.63) is 18.2 Å². The van der Waals surface area contributed by atoms with Crippen LogP contribution in [0.15, 0.2) is 12.4 Å². The largest absolute Gasteiger partial charge is 0.381 e. The molecule has 1 fully saturated rings. The van der Waals surface area contributed by atoms with Gasteiger partial charge in [0.25, 0.3) is 0 Å². The van der Waals surface area contributed by atoms with Crippen LogP contribution in [0.5, 0.6) is 0 Å². The van der Waals surface area contributed by atoms with Crippen molar-refractivity contribution in [3.8, 4) is 0 Å². The minimum absolute atomic E-state index is 0.850. The first-order valence-electron chi connectivity index (χ1n) is 6.11. The summed E-state index contributed by atoms with van der Waals surface area (Å²) in [5, 5.41) is 3.45. The van der Waals surface area contributed by atoms with Gasteiger partial charge in [0, 0.05) is 32.7 Å². The fraction of sp³-hybridized carbons (Fsp3) is 0.750. The third-order valence-corrected chi connectivity index (χ3v) is 3.27. The summed E-state index contributed by atoms with van der Waals surface area (Å²) in [5.74, 6) is 1.95. The number of rotatable bonds is 5. The molecular formula is C12H21N3O. The van der Waals surface area contributed by atoms with Crippen LogP contribution in [0.25, 0.3) is 0 Å². The van der Waals surface area contributed by atoms with Crippen LogP contribution in [0.1, 0.15) is 25.1 Å². The molecule has 2 rings (SSSR count). The molecule has 0 unspecified atom stereocenters. The molecule has 0 amide bonds. The predicted octanol–water partition coefficient (Wildman–Crippen LogP) is 1.33. The molecule has 1 aliphatic rings. The Morgan fingerprint density at radius 2 is 2.31 bits per heavy atom. The van der Waals surface area contributed by atoms with E-state index in [1.165, 1.54) is 19.3 Å². The Labute approximate surface area is 97.0 Å². The number of hydrogen-bond donors (Lipinski definition) is 1. The summed E-state index contributed by atoms with van der Waals surface area (Å²) in [5.41, 5.74) is 0. The standard InChI is InChI=1S/C12H21N3O/c1-15-7-6-14-12(15)10-13-5-2-11-3-8-16-9-4-11/h6-7,11,13H,2-5,8-10H2,1H3. The van der Waals surface area contributed by atoms with Crippen molar-refractivity contribution in [1.82, 2.24) is 14.9 Å². The average Bonchev–Trinajstić information content (AvgIpc) is 2.72. The maximum Gasteiger partial charge on any atom is 0.122 e. The Morgan fingerprint density at radius 1 is 1.50 bits per heavy atom. The number of aryl methyl sites for hydroxylation is 1. The molecule has 0 spiro atoms. The van der Waals surface area contributed by atoms with Gasteiger partial charge in [-0.1, -0.05) is 0 Å². The second-order valence-electron chi connectivity index (χ2n) is 4.48. The summed E-state index contributed by atoms with van der Waals surface area (Å²) in [4.78, 5) is 4.28. The van der Waals surface area contributed by atoms with E-state index in [1.54, 1.807) is 0 Å². The zero-order valence-corrected chi connectivity index (χ0v) is 9.98. The van der Waals surface area contributed by atoms with E-state index in [0.29, 0.717) is 0 Å². The van der Waals surface area contributed by atoms with Crippen LogP contribution in [0.4, 0.5) is 0 Å². The van der Waals surface area contributed by atoms with Crippen LogP contribution >= 0.6 is 0 Å². The monoisotopic (exact) mass is 223 g/mol. The van der Waals surface area contributed by atoms with Crippen LogP contribution in [0.3, 0.4) is 0 Å². The van der Waals surface area contributed by atoms with Gasteiger partial charge in [-0.05, 0) is 31.7 Å². The van der Waals surface area contributed by atoms with Gasteiger partial charge in [0.1, 0.15) is 5.82 Å². The Balaban J connectivity index is 1.59. The maximum atomic E-state index is 5.35. The summed E-state index contributed by atoms with van der Waals surface area (Å²) >= 11 is 0. The lowest BCUT2D eigenvalue weighted by Gasteiger charge is -2.21. The zero-order valence-electron chi connectivity index (χ0n) is 9.98. The molecule has 1 aromatic heterocycles. The smallest absolute Gasteiger partial charge is 0.122 e. The highest BCUT2D eigenvalue weighted by Crippen LogP contribution is 2.17. The zero-order chi connectivity index (χ0) is 11.2. The Bertz CT molecular complexity index is 305. The second kappa shape index (κ2) is 6.01. The van der Waals surface area contributed by atoms with Gasteiger partial charge < -0.3 is 14.6 Å². The highest BCUT2D eigenvalue weighted by molar-refractivity contribution is 4.90. The van der Waals surface area contributed by atoms with Gasteiger partial charge in [-0.3, -0.25) is 0 Å². The van der Waals surface area contributed by atoms with Crippen molar-refractivity contribution in [2.75, 3.05) is 19.8 Å². The topological polar surface area (TPSA) is 39.1 Å². The molecule has 4 nitrogen and oxygen atoms in total. The summed E-state index contributed by atoms with van der Waals surface area (Å²) in [7, 11) is 2.03. The third kappa shape index (κ3) is 3.32. The minimum atomic E-state index is 0.850. The lowest BCUT2D eigenvalue weighted by Crippen LogP contribution is -2.23. The molecule has 1 saturated heterocycles. The Hall–Kier alpha value is -0.870. The van der Waals surface area contributed by atoms with E-state index >= 15 is 0 Å². The van der Waals surface area contributed by atoms with Crippen molar-refractivity contribution in [3.63, 3.8) is 0 Å². The molecule has 4 heteroatoms. The molecule has 0 radical (unpaired) electrons. The molecule has 16 heavy (non-hydrogen) atoms. The molecule has 0 aromatic carbocycles. The van der Waals surface area contributed by atoms with Crippen LogP contribution in [0.2, 0.25) is 0 Å². The van der Waals surface area contributed by atoms with Crippen molar-refractivity contribution in [1.29, 1.82) is 0 Å². The molecule has 0 saturated carbocycles. The van der Waals surface area contributed by atoms with Crippen LogP contribution < -0.4 is 5.32 Å². The van der Waals surface area contributed by atoms with Gasteiger partial charge in [0.15, 0.2) is 0 Å². The number of hydrogen-bond acceptors (Lipinski definition) is 3. The Morgan fingerprint density at radius 3 is 3.00 bits per heavy atom. The first-order chi connectivity index (χ1) is 7.86. The summed E-state index contributed by atoms with van der Waals surface area (Å²) in [6, 6.07) is 0. The quantitative estimate of drug-likeness (QED) is 0.765. The van der Waals surface area contributed by atoms with Gasteiger partial charge in [-0.25, -0.2) is 4.98 Å². The van der Waals surface area contributed by atoms with E-state index in [2.05, 4.69) is 14.9 Å².